The minimum Gasteiger partial charge on any atom is -0.465 e. The highest BCUT2D eigenvalue weighted by molar-refractivity contribution is 6.18. The summed E-state index contributed by atoms with van der Waals surface area (Å²) in [5.74, 6) is -0.922. The summed E-state index contributed by atoms with van der Waals surface area (Å²) >= 11 is 0. The Morgan fingerprint density at radius 3 is 0.616 bits per heavy atom. The minimum absolute atomic E-state index is 0.0995. The quantitative estimate of drug-likeness (QED) is 0.0308. The molecule has 0 saturated carbocycles. The van der Waals surface area contributed by atoms with Crippen LogP contribution in [0.4, 0.5) is 0 Å². The number of carbonyl (C=O) groups is 5. The molecule has 2 amide bonds. The molecule has 0 fully saturated rings. The summed E-state index contributed by atoms with van der Waals surface area (Å²) in [6, 6.07) is 0. The standard InChI is InChI=1S/C53H106O25.C18H29NO4.C8H16O3/c1-5-53(2,3)52(54)78-51-50-77-49-48-76-47-46-75-45-44-74-43-42-73-41-40-72-39-38-71-37-36-70-35-34-69-33-32-68-31-30-67-29-28-66-27-26-65-25-24-64-23-22-63-21-20-62-19-18-61-17-16-60-15-14-59-13-12-58-11-10-57-9-8-56-7-6-55-4;1-6-18(4,5)17(22)23-12-10-8-7-9-11-19-15(20)13(2)14(3)16(19)21;1-4-8(2,3)7(10)11-6-5-9/h5-51H2,1-4H3;6-12H2,1-5H3;9H,4-6H2,1-3H3. The highest BCUT2D eigenvalue weighted by Crippen LogP contribution is 2.24. The zero-order valence-electron chi connectivity index (χ0n) is 70.9. The van der Waals surface area contributed by atoms with Crippen molar-refractivity contribution >= 4 is 29.7 Å². The van der Waals surface area contributed by atoms with Crippen LogP contribution in [-0.2, 0) is 147 Å². The van der Waals surface area contributed by atoms with Gasteiger partial charge in [-0.3, -0.25) is 28.9 Å². The fourth-order valence-electron chi connectivity index (χ4n) is 8.12. The second-order valence-corrected chi connectivity index (χ2v) is 26.7. The van der Waals surface area contributed by atoms with Crippen LogP contribution in [0.25, 0.3) is 0 Å². The van der Waals surface area contributed by atoms with Gasteiger partial charge in [0.05, 0.1) is 327 Å². The molecule has 0 saturated heterocycles. The average Bonchev–Trinajstić information content (AvgIpc) is 1.67. The summed E-state index contributed by atoms with van der Waals surface area (Å²) in [5.41, 5.74) is -0.193. The number of carbonyl (C=O) groups excluding carboxylic acids is 5. The van der Waals surface area contributed by atoms with Gasteiger partial charge in [-0.15, -0.1) is 0 Å². The highest BCUT2D eigenvalue weighted by atomic mass is 16.6. The maximum atomic E-state index is 11.9. The predicted octanol–water partition coefficient (Wildman–Crippen LogP) is 6.17. The number of hydrogen-bond donors (Lipinski definition) is 1. The summed E-state index contributed by atoms with van der Waals surface area (Å²) in [6.45, 7) is 43.6. The Bertz CT molecular complexity index is 2120. The van der Waals surface area contributed by atoms with Crippen molar-refractivity contribution in [3.8, 4) is 0 Å². The Morgan fingerprint density at radius 1 is 0.259 bits per heavy atom. The number of amides is 2. The minimum atomic E-state index is -0.466. The van der Waals surface area contributed by atoms with Gasteiger partial charge in [-0.1, -0.05) is 27.2 Å². The SMILES string of the molecule is CCC(C)(C)C(=O)OCCCCCCN1C(=O)C(C)=C(C)C1=O.CCC(C)(C)C(=O)OCCO.CCC(C)(C)C(=O)OCCOCCOCCOCCOCCOCCOCCOCCOCCOCCOCCOCCOCCOCCOCCOCCOCCOCCOCCOCCOCCOCCOCCOC. The van der Waals surface area contributed by atoms with Crippen molar-refractivity contribution in [3.05, 3.63) is 11.1 Å². The van der Waals surface area contributed by atoms with Gasteiger partial charge in [-0.25, -0.2) is 0 Å². The first-order valence-corrected chi connectivity index (χ1v) is 40.2. The second-order valence-electron chi connectivity index (χ2n) is 26.7. The molecule has 0 unspecified atom stereocenters. The molecule has 0 spiro atoms. The van der Waals surface area contributed by atoms with Crippen molar-refractivity contribution in [2.75, 3.05) is 337 Å². The third-order valence-corrected chi connectivity index (χ3v) is 16.5. The van der Waals surface area contributed by atoms with E-state index in [0.717, 1.165) is 44.9 Å². The predicted molar refractivity (Wildman–Crippen MR) is 416 cm³/mol. The Kier molecular flexibility index (Phi) is 81.2. The lowest BCUT2D eigenvalue weighted by molar-refractivity contribution is -0.156. The van der Waals surface area contributed by atoms with E-state index in [1.807, 2.05) is 62.3 Å². The molecule has 664 valence electrons. The van der Waals surface area contributed by atoms with Crippen LogP contribution in [0.15, 0.2) is 11.1 Å². The number of unbranched alkanes of at least 4 members (excludes halogenated alkanes) is 3. The topological polar surface area (TPSA) is 349 Å². The maximum Gasteiger partial charge on any atom is 0.311 e. The lowest BCUT2D eigenvalue weighted by Gasteiger charge is -2.20. The van der Waals surface area contributed by atoms with E-state index in [0.29, 0.717) is 322 Å². The van der Waals surface area contributed by atoms with Crippen molar-refractivity contribution < 1.29 is 152 Å². The Labute approximate surface area is 670 Å². The van der Waals surface area contributed by atoms with Gasteiger partial charge in [-0.05, 0) is 93.9 Å². The van der Waals surface area contributed by atoms with E-state index < -0.39 is 16.2 Å². The number of imide groups is 1. The first-order chi connectivity index (χ1) is 54.3. The van der Waals surface area contributed by atoms with Gasteiger partial charge in [0.2, 0.25) is 0 Å². The molecular weight excluding hydrogens is 1470 g/mol. The molecule has 0 radical (unpaired) electrons. The molecule has 0 aromatic rings. The van der Waals surface area contributed by atoms with E-state index in [1.165, 1.54) is 4.90 Å². The largest absolute Gasteiger partial charge is 0.465 e. The number of esters is 3. The van der Waals surface area contributed by atoms with E-state index in [1.54, 1.807) is 21.0 Å². The molecular formula is C79H151NO32. The van der Waals surface area contributed by atoms with E-state index in [2.05, 4.69) is 0 Å². The van der Waals surface area contributed by atoms with Crippen LogP contribution in [0.1, 0.15) is 121 Å². The van der Waals surface area contributed by atoms with Gasteiger partial charge in [-0.2, -0.15) is 0 Å². The molecule has 1 heterocycles. The number of nitrogens with zero attached hydrogens (tertiary/aromatic N) is 1. The monoisotopic (exact) mass is 1630 g/mol. The van der Waals surface area contributed by atoms with Crippen molar-refractivity contribution in [1.82, 2.24) is 4.90 Å². The molecule has 1 aliphatic rings. The maximum absolute atomic E-state index is 11.9. The lowest BCUT2D eigenvalue weighted by atomic mass is 9.91. The van der Waals surface area contributed by atoms with Crippen LogP contribution < -0.4 is 0 Å². The smallest absolute Gasteiger partial charge is 0.311 e. The summed E-state index contributed by atoms with van der Waals surface area (Å²) < 4.78 is 141. The number of aliphatic hydroxyl groups is 1. The highest BCUT2D eigenvalue weighted by Gasteiger charge is 2.33. The average molecular weight is 1630 g/mol. The fourth-order valence-corrected chi connectivity index (χ4v) is 8.12. The summed E-state index contributed by atoms with van der Waals surface area (Å²) in [4.78, 5) is 59.9. The molecule has 112 heavy (non-hydrogen) atoms. The molecule has 33 heteroatoms. The Hall–Kier alpha value is -3.67. The molecule has 1 aliphatic heterocycles. The zero-order valence-corrected chi connectivity index (χ0v) is 70.9. The number of aliphatic hydroxyl groups excluding tert-OH is 1. The molecule has 0 aromatic carbocycles. The summed E-state index contributed by atoms with van der Waals surface area (Å²) in [7, 11) is 1.64. The van der Waals surface area contributed by atoms with Crippen LogP contribution >= 0.6 is 0 Å². The van der Waals surface area contributed by atoms with Crippen LogP contribution in [0, 0.1) is 16.2 Å². The van der Waals surface area contributed by atoms with E-state index in [-0.39, 0.29) is 49.5 Å². The lowest BCUT2D eigenvalue weighted by Crippen LogP contribution is -2.32. The molecule has 33 nitrogen and oxygen atoms in total. The van der Waals surface area contributed by atoms with Crippen molar-refractivity contribution in [2.24, 2.45) is 16.2 Å². The Morgan fingerprint density at radius 2 is 0.429 bits per heavy atom. The van der Waals surface area contributed by atoms with Crippen LogP contribution in [0.5, 0.6) is 0 Å². The second kappa shape index (κ2) is 82.4. The summed E-state index contributed by atoms with van der Waals surface area (Å²) in [6.07, 6.45) is 5.66. The molecule has 0 atom stereocenters. The summed E-state index contributed by atoms with van der Waals surface area (Å²) in [5, 5.41) is 8.38. The third-order valence-electron chi connectivity index (χ3n) is 16.5. The van der Waals surface area contributed by atoms with Crippen molar-refractivity contribution in [1.29, 1.82) is 0 Å². The van der Waals surface area contributed by atoms with Crippen molar-refractivity contribution in [3.63, 3.8) is 0 Å². The van der Waals surface area contributed by atoms with Gasteiger partial charge in [0.1, 0.15) is 13.2 Å². The van der Waals surface area contributed by atoms with E-state index in [9.17, 15) is 24.0 Å². The van der Waals surface area contributed by atoms with Gasteiger partial charge in [0, 0.05) is 24.8 Å². The molecule has 0 bridgehead atoms. The number of hydrogen-bond acceptors (Lipinski definition) is 32. The van der Waals surface area contributed by atoms with Crippen LogP contribution in [0.2, 0.25) is 0 Å². The van der Waals surface area contributed by atoms with Crippen LogP contribution in [-0.4, -0.2) is 377 Å². The van der Waals surface area contributed by atoms with E-state index >= 15 is 0 Å². The van der Waals surface area contributed by atoms with Crippen molar-refractivity contribution in [2.45, 2.75) is 121 Å². The number of ether oxygens (including phenoxy) is 26. The van der Waals surface area contributed by atoms with Gasteiger partial charge >= 0.3 is 17.9 Å². The fraction of sp³-hybridized carbons (Fsp3) is 0.911. The number of rotatable bonds is 84. The molecule has 0 aliphatic carbocycles. The van der Waals surface area contributed by atoms with Gasteiger partial charge in [0.25, 0.3) is 11.8 Å². The number of methoxy groups -OCH3 is 1. The first kappa shape index (κ1) is 110. The molecule has 1 rings (SSSR count). The first-order valence-electron chi connectivity index (χ1n) is 40.2. The van der Waals surface area contributed by atoms with E-state index in [4.69, 9.17) is 128 Å². The zero-order chi connectivity index (χ0) is 82.8. The van der Waals surface area contributed by atoms with Crippen LogP contribution in [0.3, 0.4) is 0 Å². The normalized spacial score (nSPS) is 12.6. The van der Waals surface area contributed by atoms with Gasteiger partial charge in [0.15, 0.2) is 0 Å². The van der Waals surface area contributed by atoms with Gasteiger partial charge < -0.3 is 128 Å². The molecule has 1 N–H and O–H groups in total. The Balaban J connectivity index is 0. The third kappa shape index (κ3) is 71.6. The molecule has 0 aromatic heterocycles.